The van der Waals surface area contributed by atoms with Gasteiger partial charge in [-0.15, -0.1) is 0 Å². The molecule has 0 radical (unpaired) electrons. The van der Waals surface area contributed by atoms with E-state index in [2.05, 4.69) is 0 Å². The van der Waals surface area contributed by atoms with E-state index >= 15 is 0 Å². The number of carboxylic acids is 1. The molecule has 0 saturated carbocycles. The maximum atomic E-state index is 12.1. The van der Waals surface area contributed by atoms with Crippen molar-refractivity contribution in [2.24, 2.45) is 5.92 Å². The van der Waals surface area contributed by atoms with Crippen molar-refractivity contribution >= 4 is 22.3 Å². The number of aliphatic carboxylic acids is 1. The number of carbonyl (C=O) groups excluding carboxylic acids is 1. The van der Waals surface area contributed by atoms with Gasteiger partial charge in [-0.05, 0) is 32.6 Å². The van der Waals surface area contributed by atoms with Crippen molar-refractivity contribution < 1.29 is 27.9 Å². The Morgan fingerprint density at radius 1 is 1.43 bits per heavy atom. The fourth-order valence-corrected chi connectivity index (χ4v) is 3.53. The fourth-order valence-electron chi connectivity index (χ4n) is 2.30. The number of carbonyl (C=O) groups is 2. The van der Waals surface area contributed by atoms with Crippen LogP contribution in [0.15, 0.2) is 0 Å². The van der Waals surface area contributed by atoms with Gasteiger partial charge in [-0.3, -0.25) is 4.79 Å². The molecule has 9 heteroatoms. The van der Waals surface area contributed by atoms with E-state index in [1.165, 1.54) is 0 Å². The van der Waals surface area contributed by atoms with Crippen LogP contribution in [0, 0.1) is 5.92 Å². The molecule has 1 aliphatic heterocycles. The van der Waals surface area contributed by atoms with Crippen LogP contribution in [0.3, 0.4) is 0 Å². The van der Waals surface area contributed by atoms with Gasteiger partial charge in [-0.2, -0.15) is 12.7 Å². The lowest BCUT2D eigenvalue weighted by Crippen LogP contribution is -2.54. The topological polar surface area (TPSA) is 113 Å². The minimum Gasteiger partial charge on any atom is -0.480 e. The molecular formula is C12H22N2O6S. The third-order valence-electron chi connectivity index (χ3n) is 3.39. The van der Waals surface area contributed by atoms with Crippen molar-refractivity contribution in [3.8, 4) is 0 Å². The van der Waals surface area contributed by atoms with Gasteiger partial charge in [0.05, 0.1) is 6.10 Å². The molecule has 0 aliphatic carbocycles. The summed E-state index contributed by atoms with van der Waals surface area (Å²) in [6, 6.07) is -1.16. The Labute approximate surface area is 124 Å². The van der Waals surface area contributed by atoms with E-state index in [0.29, 0.717) is 6.42 Å². The highest BCUT2D eigenvalue weighted by molar-refractivity contribution is 7.87. The van der Waals surface area contributed by atoms with Crippen molar-refractivity contribution in [1.82, 2.24) is 9.03 Å². The number of rotatable bonds is 5. The van der Waals surface area contributed by atoms with Crippen LogP contribution in [0.2, 0.25) is 0 Å². The Balaban J connectivity index is 2.85. The number of ether oxygens (including phenoxy) is 1. The fraction of sp³-hybridized carbons (Fsp3) is 0.833. The summed E-state index contributed by atoms with van der Waals surface area (Å²) < 4.78 is 31.6. The number of hydrogen-bond donors (Lipinski definition) is 2. The van der Waals surface area contributed by atoms with E-state index in [0.717, 1.165) is 10.7 Å². The lowest BCUT2D eigenvalue weighted by Gasteiger charge is -2.35. The minimum atomic E-state index is -4.23. The van der Waals surface area contributed by atoms with Gasteiger partial charge in [0.25, 0.3) is 0 Å². The number of nitrogens with one attached hydrogen (secondary N) is 1. The summed E-state index contributed by atoms with van der Waals surface area (Å²) in [5.41, 5.74) is 0. The third kappa shape index (κ3) is 4.85. The van der Waals surface area contributed by atoms with Gasteiger partial charge in [0, 0.05) is 6.54 Å². The highest BCUT2D eigenvalue weighted by atomic mass is 32.2. The van der Waals surface area contributed by atoms with Gasteiger partial charge in [0.15, 0.2) is 0 Å². The molecule has 1 rings (SSSR count). The Bertz CT molecular complexity index is 490. The molecule has 8 nitrogen and oxygen atoms in total. The summed E-state index contributed by atoms with van der Waals surface area (Å²) in [5.74, 6) is -1.05. The Morgan fingerprint density at radius 3 is 2.52 bits per heavy atom. The smallest absolute Gasteiger partial charge is 0.422 e. The molecule has 122 valence electrons. The minimum absolute atomic E-state index is 0.0692. The molecule has 2 atom stereocenters. The van der Waals surface area contributed by atoms with Crippen LogP contribution >= 0.6 is 0 Å². The average Bonchev–Trinajstić information content (AvgIpc) is 2.36. The van der Waals surface area contributed by atoms with E-state index in [9.17, 15) is 23.1 Å². The number of carboxylic acid groups (broad SMARTS) is 1. The summed E-state index contributed by atoms with van der Waals surface area (Å²) >= 11 is 0. The summed E-state index contributed by atoms with van der Waals surface area (Å²) in [6.45, 7) is 5.17. The van der Waals surface area contributed by atoms with Crippen LogP contribution in [0.5, 0.6) is 0 Å². The van der Waals surface area contributed by atoms with Crippen LogP contribution in [0.1, 0.15) is 40.0 Å². The number of piperidine rings is 1. The Morgan fingerprint density at radius 2 is 2.05 bits per heavy atom. The molecule has 1 heterocycles. The van der Waals surface area contributed by atoms with Crippen molar-refractivity contribution in [3.05, 3.63) is 0 Å². The van der Waals surface area contributed by atoms with E-state index in [4.69, 9.17) is 4.74 Å². The number of hydrogen-bond acceptors (Lipinski definition) is 5. The van der Waals surface area contributed by atoms with Gasteiger partial charge in [0.2, 0.25) is 0 Å². The first-order chi connectivity index (χ1) is 9.67. The molecule has 1 amide bonds. The van der Waals surface area contributed by atoms with Gasteiger partial charge in [-0.25, -0.2) is 9.52 Å². The van der Waals surface area contributed by atoms with Crippen molar-refractivity contribution in [2.45, 2.75) is 52.2 Å². The van der Waals surface area contributed by atoms with E-state index in [-0.39, 0.29) is 18.9 Å². The normalized spacial score (nSPS) is 23.8. The number of nitrogens with zero attached hydrogens (tertiary/aromatic N) is 1. The predicted octanol–water partition coefficient (Wildman–Crippen LogP) is 0.941. The first-order valence-corrected chi connectivity index (χ1v) is 8.34. The summed E-state index contributed by atoms with van der Waals surface area (Å²) in [6.07, 6.45) is 0.0282. The Hall–Kier alpha value is -1.35. The molecule has 0 aromatic rings. The largest absolute Gasteiger partial charge is 0.480 e. The summed E-state index contributed by atoms with van der Waals surface area (Å²) in [4.78, 5) is 22.7. The van der Waals surface area contributed by atoms with Crippen LogP contribution < -0.4 is 4.72 Å². The number of amides is 1. The standard InChI is InChI=1S/C12H22N2O6S/c1-4-9-5-6-14(10(7-9)11(15)16)21(18,19)13-12(17)20-8(2)3/h8-10H,4-7H2,1-3H3,(H,13,17)(H,15,16). The van der Waals surface area contributed by atoms with Crippen LogP contribution in [-0.2, 0) is 19.7 Å². The molecule has 1 saturated heterocycles. The highest BCUT2D eigenvalue weighted by Crippen LogP contribution is 2.27. The van der Waals surface area contributed by atoms with Gasteiger partial charge in [0.1, 0.15) is 6.04 Å². The summed E-state index contributed by atoms with van der Waals surface area (Å²) in [5, 5.41) is 9.21. The second-order valence-corrected chi connectivity index (χ2v) is 6.95. The van der Waals surface area contributed by atoms with Gasteiger partial charge < -0.3 is 9.84 Å². The highest BCUT2D eigenvalue weighted by Gasteiger charge is 2.40. The maximum Gasteiger partial charge on any atom is 0.422 e. The average molecular weight is 322 g/mol. The van der Waals surface area contributed by atoms with Crippen molar-refractivity contribution in [3.63, 3.8) is 0 Å². The summed E-state index contributed by atoms with van der Waals surface area (Å²) in [7, 11) is -4.23. The van der Waals surface area contributed by atoms with E-state index < -0.39 is 34.4 Å². The molecule has 0 spiro atoms. The van der Waals surface area contributed by atoms with E-state index in [1.807, 2.05) is 6.92 Å². The van der Waals surface area contributed by atoms with E-state index in [1.54, 1.807) is 18.6 Å². The molecule has 1 aliphatic rings. The molecule has 0 aromatic heterocycles. The Kier molecular flexibility index (Phi) is 5.97. The first-order valence-electron chi connectivity index (χ1n) is 6.90. The second-order valence-electron chi connectivity index (χ2n) is 5.32. The van der Waals surface area contributed by atoms with Gasteiger partial charge >= 0.3 is 22.3 Å². The quantitative estimate of drug-likeness (QED) is 0.779. The molecule has 21 heavy (non-hydrogen) atoms. The predicted molar refractivity (Wildman–Crippen MR) is 74.8 cm³/mol. The van der Waals surface area contributed by atoms with Crippen molar-refractivity contribution in [1.29, 1.82) is 0 Å². The SMILES string of the molecule is CCC1CCN(S(=O)(=O)NC(=O)OC(C)C)C(C(=O)O)C1. The molecule has 1 fully saturated rings. The third-order valence-corrected chi connectivity index (χ3v) is 4.87. The molecule has 0 aromatic carbocycles. The molecule has 0 bridgehead atoms. The zero-order valence-electron chi connectivity index (χ0n) is 12.4. The second kappa shape index (κ2) is 7.08. The monoisotopic (exact) mass is 322 g/mol. The van der Waals surface area contributed by atoms with Crippen LogP contribution in [0.25, 0.3) is 0 Å². The first kappa shape index (κ1) is 17.7. The zero-order chi connectivity index (χ0) is 16.2. The van der Waals surface area contributed by atoms with Crippen LogP contribution in [0.4, 0.5) is 4.79 Å². The molecule has 2 unspecified atom stereocenters. The molecular weight excluding hydrogens is 300 g/mol. The van der Waals surface area contributed by atoms with Gasteiger partial charge in [-0.1, -0.05) is 13.3 Å². The zero-order valence-corrected chi connectivity index (χ0v) is 13.2. The van der Waals surface area contributed by atoms with Crippen LogP contribution in [-0.4, -0.2) is 48.6 Å². The molecule has 2 N–H and O–H groups in total. The maximum absolute atomic E-state index is 12.1. The lowest BCUT2D eigenvalue weighted by atomic mass is 9.90. The van der Waals surface area contributed by atoms with Crippen molar-refractivity contribution in [2.75, 3.05) is 6.54 Å². The lowest BCUT2D eigenvalue weighted by molar-refractivity contribution is -0.143.